The van der Waals surface area contributed by atoms with Gasteiger partial charge in [0.2, 0.25) is 5.91 Å². The normalized spacial score (nSPS) is 14.3. The monoisotopic (exact) mass is 369 g/mol. The van der Waals surface area contributed by atoms with Crippen LogP contribution in [0.25, 0.3) is 0 Å². The fourth-order valence-corrected chi connectivity index (χ4v) is 3.37. The first-order valence-electron chi connectivity index (χ1n) is 9.47. The summed E-state index contributed by atoms with van der Waals surface area (Å²) in [6, 6.07) is 9.67. The number of carbonyl (C=O) groups is 2. The Morgan fingerprint density at radius 2 is 1.85 bits per heavy atom. The molecule has 3 rings (SSSR count). The predicted octanol–water partition coefficient (Wildman–Crippen LogP) is 2.76. The molecule has 2 aromatic rings. The maximum atomic E-state index is 12.4. The molecule has 1 aliphatic heterocycles. The van der Waals surface area contributed by atoms with Gasteiger partial charge in [0.05, 0.1) is 6.26 Å². The first kappa shape index (κ1) is 19.0. The average molecular weight is 369 g/mol. The summed E-state index contributed by atoms with van der Waals surface area (Å²) in [6.07, 6.45) is 2.54. The number of aryl methyl sites for hydroxylation is 1. The number of benzene rings is 1. The maximum Gasteiger partial charge on any atom is 0.286 e. The molecular formula is C21H27N3O3. The van der Waals surface area contributed by atoms with Gasteiger partial charge in [0, 0.05) is 44.8 Å². The lowest BCUT2D eigenvalue weighted by Gasteiger charge is -2.37. The second kappa shape index (κ2) is 8.75. The quantitative estimate of drug-likeness (QED) is 0.795. The number of hydrogen-bond donors (Lipinski definition) is 1. The van der Waals surface area contributed by atoms with Gasteiger partial charge in [-0.05, 0) is 49.6 Å². The van der Waals surface area contributed by atoms with Gasteiger partial charge in [-0.25, -0.2) is 0 Å². The molecule has 1 fully saturated rings. The maximum absolute atomic E-state index is 12.4. The van der Waals surface area contributed by atoms with Crippen LogP contribution in [0.1, 0.15) is 34.5 Å². The minimum Gasteiger partial charge on any atom is -0.459 e. The molecule has 1 saturated heterocycles. The summed E-state index contributed by atoms with van der Waals surface area (Å²) in [6.45, 7) is 7.93. The molecule has 6 heteroatoms. The highest BCUT2D eigenvalue weighted by Crippen LogP contribution is 2.24. The fourth-order valence-electron chi connectivity index (χ4n) is 3.37. The fraction of sp³-hybridized carbons (Fsp3) is 0.429. The Kier molecular flexibility index (Phi) is 6.16. The molecule has 27 heavy (non-hydrogen) atoms. The Labute approximate surface area is 160 Å². The van der Waals surface area contributed by atoms with Gasteiger partial charge in [0.25, 0.3) is 5.91 Å². The van der Waals surface area contributed by atoms with Gasteiger partial charge in [-0.2, -0.15) is 0 Å². The smallest absolute Gasteiger partial charge is 0.286 e. The van der Waals surface area contributed by atoms with E-state index in [0.29, 0.717) is 25.1 Å². The minimum atomic E-state index is -0.241. The van der Waals surface area contributed by atoms with Crippen molar-refractivity contribution in [1.29, 1.82) is 0 Å². The van der Waals surface area contributed by atoms with Crippen LogP contribution in [0.5, 0.6) is 0 Å². The molecule has 1 N–H and O–H groups in total. The third-order valence-electron chi connectivity index (χ3n) is 5.15. The number of anilines is 1. The van der Waals surface area contributed by atoms with E-state index in [2.05, 4.69) is 42.3 Å². The van der Waals surface area contributed by atoms with E-state index in [1.807, 2.05) is 4.90 Å². The van der Waals surface area contributed by atoms with Crippen molar-refractivity contribution >= 4 is 17.5 Å². The van der Waals surface area contributed by atoms with Gasteiger partial charge in [0.15, 0.2) is 5.76 Å². The molecule has 1 aromatic carbocycles. The topological polar surface area (TPSA) is 65.8 Å². The Morgan fingerprint density at radius 1 is 1.07 bits per heavy atom. The van der Waals surface area contributed by atoms with Crippen molar-refractivity contribution < 1.29 is 14.0 Å². The highest BCUT2D eigenvalue weighted by Gasteiger charge is 2.22. The zero-order valence-corrected chi connectivity index (χ0v) is 16.0. The number of nitrogens with one attached hydrogen (secondary N) is 1. The van der Waals surface area contributed by atoms with E-state index in [4.69, 9.17) is 4.42 Å². The Morgan fingerprint density at radius 3 is 2.56 bits per heavy atom. The van der Waals surface area contributed by atoms with Crippen LogP contribution in [0.2, 0.25) is 0 Å². The molecule has 6 nitrogen and oxygen atoms in total. The molecule has 2 amide bonds. The second-order valence-corrected chi connectivity index (χ2v) is 6.92. The van der Waals surface area contributed by atoms with Crippen molar-refractivity contribution in [2.45, 2.75) is 26.7 Å². The van der Waals surface area contributed by atoms with Gasteiger partial charge < -0.3 is 19.5 Å². The number of amides is 2. The first-order chi connectivity index (χ1) is 13.1. The van der Waals surface area contributed by atoms with Crippen molar-refractivity contribution in [1.82, 2.24) is 10.2 Å². The van der Waals surface area contributed by atoms with Crippen molar-refractivity contribution in [2.24, 2.45) is 0 Å². The molecule has 0 saturated carbocycles. The summed E-state index contributed by atoms with van der Waals surface area (Å²) in [5.74, 6) is 0.210. The molecule has 0 bridgehead atoms. The van der Waals surface area contributed by atoms with Crippen LogP contribution >= 0.6 is 0 Å². The van der Waals surface area contributed by atoms with Crippen molar-refractivity contribution in [3.63, 3.8) is 0 Å². The molecular weight excluding hydrogens is 342 g/mol. The van der Waals surface area contributed by atoms with Crippen LogP contribution in [-0.2, 0) is 4.79 Å². The van der Waals surface area contributed by atoms with Crippen LogP contribution in [0.3, 0.4) is 0 Å². The van der Waals surface area contributed by atoms with Gasteiger partial charge in [-0.1, -0.05) is 12.1 Å². The molecule has 0 spiro atoms. The number of furan rings is 1. The summed E-state index contributed by atoms with van der Waals surface area (Å²) in [5, 5.41) is 2.77. The number of rotatable bonds is 6. The lowest BCUT2D eigenvalue weighted by Crippen LogP contribution is -2.49. The summed E-state index contributed by atoms with van der Waals surface area (Å²) >= 11 is 0. The largest absolute Gasteiger partial charge is 0.459 e. The summed E-state index contributed by atoms with van der Waals surface area (Å²) in [5.41, 5.74) is 3.87. The minimum absolute atomic E-state index is 0.155. The summed E-state index contributed by atoms with van der Waals surface area (Å²) in [7, 11) is 0. The average Bonchev–Trinajstić information content (AvgIpc) is 3.22. The van der Waals surface area contributed by atoms with Crippen LogP contribution in [-0.4, -0.2) is 49.4 Å². The lowest BCUT2D eigenvalue weighted by molar-refractivity contribution is -0.131. The van der Waals surface area contributed by atoms with Crippen LogP contribution in [0.15, 0.2) is 41.0 Å². The van der Waals surface area contributed by atoms with E-state index in [0.717, 1.165) is 26.2 Å². The van der Waals surface area contributed by atoms with E-state index < -0.39 is 0 Å². The predicted molar refractivity (Wildman–Crippen MR) is 105 cm³/mol. The molecule has 0 aliphatic carbocycles. The van der Waals surface area contributed by atoms with Gasteiger partial charge >= 0.3 is 0 Å². The Balaban J connectivity index is 1.39. The highest BCUT2D eigenvalue weighted by molar-refractivity contribution is 5.91. The third kappa shape index (κ3) is 4.70. The molecule has 144 valence electrons. The van der Waals surface area contributed by atoms with Crippen LogP contribution < -0.4 is 10.2 Å². The van der Waals surface area contributed by atoms with Crippen molar-refractivity contribution in [3.8, 4) is 0 Å². The lowest BCUT2D eigenvalue weighted by atomic mass is 10.1. The Bertz CT molecular complexity index is 778. The van der Waals surface area contributed by atoms with Gasteiger partial charge in [-0.3, -0.25) is 9.59 Å². The molecule has 1 aliphatic rings. The van der Waals surface area contributed by atoms with E-state index in [1.54, 1.807) is 12.1 Å². The molecule has 0 unspecified atom stereocenters. The molecule has 1 aromatic heterocycles. The summed E-state index contributed by atoms with van der Waals surface area (Å²) < 4.78 is 5.04. The van der Waals surface area contributed by atoms with Crippen molar-refractivity contribution in [3.05, 3.63) is 53.5 Å². The number of carbonyl (C=O) groups excluding carboxylic acids is 2. The Hall–Kier alpha value is -2.76. The standard InChI is InChI=1S/C21H27N3O3/c1-16-6-3-7-18(17(16)2)23-11-13-24(14-12-23)20(25)9-4-10-22-21(26)19-8-5-15-27-19/h3,5-8,15H,4,9-14H2,1-2H3,(H,22,26). The van der Waals surface area contributed by atoms with Crippen LogP contribution in [0.4, 0.5) is 5.69 Å². The first-order valence-corrected chi connectivity index (χ1v) is 9.47. The van der Waals surface area contributed by atoms with Crippen LogP contribution in [0, 0.1) is 13.8 Å². The van der Waals surface area contributed by atoms with Crippen molar-refractivity contribution in [2.75, 3.05) is 37.6 Å². The van der Waals surface area contributed by atoms with Gasteiger partial charge in [-0.15, -0.1) is 0 Å². The number of hydrogen-bond acceptors (Lipinski definition) is 4. The molecule has 0 radical (unpaired) electrons. The second-order valence-electron chi connectivity index (χ2n) is 6.92. The van der Waals surface area contributed by atoms with E-state index in [9.17, 15) is 9.59 Å². The number of piperazine rings is 1. The van der Waals surface area contributed by atoms with E-state index >= 15 is 0 Å². The molecule has 0 atom stereocenters. The van der Waals surface area contributed by atoms with E-state index in [1.165, 1.54) is 23.1 Å². The third-order valence-corrected chi connectivity index (χ3v) is 5.15. The zero-order chi connectivity index (χ0) is 19.2. The van der Waals surface area contributed by atoms with E-state index in [-0.39, 0.29) is 11.8 Å². The zero-order valence-electron chi connectivity index (χ0n) is 16.0. The SMILES string of the molecule is Cc1cccc(N2CCN(C(=O)CCCNC(=O)c3ccco3)CC2)c1C. The summed E-state index contributed by atoms with van der Waals surface area (Å²) in [4.78, 5) is 28.5. The number of nitrogens with zero attached hydrogens (tertiary/aromatic N) is 2. The van der Waals surface area contributed by atoms with Gasteiger partial charge in [0.1, 0.15) is 0 Å². The highest BCUT2D eigenvalue weighted by atomic mass is 16.3. The molecule has 2 heterocycles.